The summed E-state index contributed by atoms with van der Waals surface area (Å²) in [5.74, 6) is -0.198. The summed E-state index contributed by atoms with van der Waals surface area (Å²) in [6.45, 7) is 0. The van der Waals surface area contributed by atoms with Gasteiger partial charge < -0.3 is 10.6 Å². The highest BCUT2D eigenvalue weighted by atomic mass is 127. The summed E-state index contributed by atoms with van der Waals surface area (Å²) in [4.78, 5) is 24.2. The maximum absolute atomic E-state index is 12.1. The number of hydrogen-bond donors (Lipinski definition) is 2. The fourth-order valence-electron chi connectivity index (χ4n) is 2.71. The Morgan fingerprint density at radius 2 is 1.91 bits per heavy atom. The van der Waals surface area contributed by atoms with Crippen LogP contribution in [-0.4, -0.2) is 11.8 Å². The molecule has 0 saturated carbocycles. The van der Waals surface area contributed by atoms with Gasteiger partial charge in [0.1, 0.15) is 0 Å². The summed E-state index contributed by atoms with van der Waals surface area (Å²) in [5.41, 5.74) is 2.81. The van der Waals surface area contributed by atoms with E-state index in [-0.39, 0.29) is 17.7 Å². The summed E-state index contributed by atoms with van der Waals surface area (Å²) in [6.07, 6.45) is 1.58. The summed E-state index contributed by atoms with van der Waals surface area (Å²) in [7, 11) is 0. The molecule has 1 atom stereocenters. The van der Waals surface area contributed by atoms with Crippen LogP contribution in [0.2, 0.25) is 0 Å². The molecule has 5 heteroatoms. The van der Waals surface area contributed by atoms with E-state index in [9.17, 15) is 9.59 Å². The highest BCUT2D eigenvalue weighted by Gasteiger charge is 2.26. The van der Waals surface area contributed by atoms with Crippen LogP contribution < -0.4 is 10.6 Å². The largest absolute Gasteiger partial charge is 0.326 e. The molecule has 0 saturated heterocycles. The first-order chi connectivity index (χ1) is 11.1. The lowest BCUT2D eigenvalue weighted by Gasteiger charge is -2.24. The van der Waals surface area contributed by atoms with Gasteiger partial charge in [-0.25, -0.2) is 0 Å². The second-order valence-corrected chi connectivity index (χ2v) is 6.89. The van der Waals surface area contributed by atoms with Crippen LogP contribution in [0.15, 0.2) is 48.5 Å². The van der Waals surface area contributed by atoms with Crippen LogP contribution in [0.5, 0.6) is 0 Å². The third-order valence-electron chi connectivity index (χ3n) is 3.96. The lowest BCUT2D eigenvalue weighted by molar-refractivity contribution is -0.121. The van der Waals surface area contributed by atoms with Crippen molar-refractivity contribution in [2.24, 2.45) is 5.92 Å². The van der Waals surface area contributed by atoms with E-state index in [4.69, 9.17) is 0 Å². The Labute approximate surface area is 148 Å². The Kier molecular flexibility index (Phi) is 4.95. The van der Waals surface area contributed by atoms with Crippen molar-refractivity contribution in [1.29, 1.82) is 0 Å². The van der Waals surface area contributed by atoms with Crippen molar-refractivity contribution in [2.75, 3.05) is 10.6 Å². The monoisotopic (exact) mass is 420 g/mol. The van der Waals surface area contributed by atoms with E-state index >= 15 is 0 Å². The molecule has 0 aliphatic carbocycles. The molecule has 118 valence electrons. The van der Waals surface area contributed by atoms with E-state index in [1.807, 2.05) is 48.5 Å². The average molecular weight is 420 g/mol. The van der Waals surface area contributed by atoms with E-state index in [1.54, 1.807) is 0 Å². The normalized spacial score (nSPS) is 16.4. The number of carbonyl (C=O) groups is 2. The summed E-state index contributed by atoms with van der Waals surface area (Å²) >= 11 is 2.22. The number of para-hydroxylation sites is 1. The van der Waals surface area contributed by atoms with Crippen LogP contribution in [0.4, 0.5) is 11.4 Å². The number of hydrogen-bond acceptors (Lipinski definition) is 2. The zero-order valence-electron chi connectivity index (χ0n) is 12.5. The lowest BCUT2D eigenvalue weighted by atomic mass is 9.89. The molecule has 0 fully saturated rings. The highest BCUT2D eigenvalue weighted by Crippen LogP contribution is 2.27. The molecule has 0 radical (unpaired) electrons. The van der Waals surface area contributed by atoms with Crippen molar-refractivity contribution in [2.45, 2.75) is 19.3 Å². The molecule has 0 bridgehead atoms. The molecule has 4 nitrogen and oxygen atoms in total. The van der Waals surface area contributed by atoms with Crippen molar-refractivity contribution in [1.82, 2.24) is 0 Å². The third-order valence-corrected chi connectivity index (χ3v) is 4.68. The van der Waals surface area contributed by atoms with Crippen LogP contribution in [0.25, 0.3) is 0 Å². The Balaban J connectivity index is 1.55. The third kappa shape index (κ3) is 4.10. The quantitative estimate of drug-likeness (QED) is 0.740. The zero-order valence-corrected chi connectivity index (χ0v) is 14.7. The van der Waals surface area contributed by atoms with Gasteiger partial charge in [0.15, 0.2) is 0 Å². The Morgan fingerprint density at radius 1 is 1.17 bits per heavy atom. The molecule has 2 amide bonds. The van der Waals surface area contributed by atoms with E-state index in [2.05, 4.69) is 33.2 Å². The number of nitrogens with one attached hydrogen (secondary N) is 2. The van der Waals surface area contributed by atoms with Gasteiger partial charge in [-0.05, 0) is 71.3 Å². The summed E-state index contributed by atoms with van der Waals surface area (Å²) in [5, 5.41) is 5.79. The lowest BCUT2D eigenvalue weighted by Crippen LogP contribution is -2.30. The molecule has 2 N–H and O–H groups in total. The van der Waals surface area contributed by atoms with E-state index in [1.165, 1.54) is 0 Å². The topological polar surface area (TPSA) is 58.2 Å². The van der Waals surface area contributed by atoms with Gasteiger partial charge in [0.25, 0.3) is 0 Å². The molecule has 1 heterocycles. The van der Waals surface area contributed by atoms with Gasteiger partial charge in [-0.2, -0.15) is 0 Å². The van der Waals surface area contributed by atoms with Crippen molar-refractivity contribution >= 4 is 45.8 Å². The summed E-state index contributed by atoms with van der Waals surface area (Å²) < 4.78 is 1.12. The minimum absolute atomic E-state index is 0.00534. The predicted molar refractivity (Wildman–Crippen MR) is 99.3 cm³/mol. The number of halogens is 1. The molecule has 2 aromatic carbocycles. The number of rotatable bonds is 4. The standard InChI is InChI=1S/C18H17IN2O2/c19-14-6-8-15(9-7-14)20-17(22)10-5-13-11-12-3-1-2-4-16(12)21-18(13)23/h1-4,6-9,13H,5,10-11H2,(H,20,22)(H,21,23)/t13-/m0/s1. The molecule has 0 spiro atoms. The van der Waals surface area contributed by atoms with Crippen LogP contribution in [0.1, 0.15) is 18.4 Å². The minimum atomic E-state index is -0.146. The van der Waals surface area contributed by atoms with Crippen molar-refractivity contribution in [3.05, 3.63) is 57.7 Å². The average Bonchev–Trinajstić information content (AvgIpc) is 2.55. The van der Waals surface area contributed by atoms with Crippen molar-refractivity contribution in [3.63, 3.8) is 0 Å². The molecule has 1 aliphatic rings. The number of benzene rings is 2. The summed E-state index contributed by atoms with van der Waals surface area (Å²) in [6, 6.07) is 15.5. The Morgan fingerprint density at radius 3 is 2.70 bits per heavy atom. The van der Waals surface area contributed by atoms with Gasteiger partial charge in [0.2, 0.25) is 11.8 Å². The second-order valence-electron chi connectivity index (χ2n) is 5.64. The Bertz CT molecular complexity index is 728. The fraction of sp³-hybridized carbons (Fsp3) is 0.222. The molecular formula is C18H17IN2O2. The molecule has 0 unspecified atom stereocenters. The van der Waals surface area contributed by atoms with E-state index in [0.29, 0.717) is 19.3 Å². The first kappa shape index (κ1) is 16.0. The van der Waals surface area contributed by atoms with Crippen LogP contribution in [-0.2, 0) is 16.0 Å². The second kappa shape index (κ2) is 7.12. The highest BCUT2D eigenvalue weighted by molar-refractivity contribution is 14.1. The zero-order chi connectivity index (χ0) is 16.2. The fourth-order valence-corrected chi connectivity index (χ4v) is 3.07. The predicted octanol–water partition coefficient (Wildman–Crippen LogP) is 3.82. The number of carbonyl (C=O) groups excluding carboxylic acids is 2. The smallest absolute Gasteiger partial charge is 0.227 e. The maximum Gasteiger partial charge on any atom is 0.227 e. The van der Waals surface area contributed by atoms with E-state index in [0.717, 1.165) is 20.5 Å². The first-order valence-corrected chi connectivity index (χ1v) is 8.64. The van der Waals surface area contributed by atoms with Gasteiger partial charge in [0.05, 0.1) is 0 Å². The Hall–Kier alpha value is -1.89. The SMILES string of the molecule is O=C(CC[C@H]1Cc2ccccc2NC1=O)Nc1ccc(I)cc1. The van der Waals surface area contributed by atoms with Gasteiger partial charge in [0, 0.05) is 27.3 Å². The van der Waals surface area contributed by atoms with Crippen LogP contribution >= 0.6 is 22.6 Å². The molecule has 1 aliphatic heterocycles. The van der Waals surface area contributed by atoms with E-state index < -0.39 is 0 Å². The molecule has 3 rings (SSSR count). The number of amides is 2. The van der Waals surface area contributed by atoms with Gasteiger partial charge in [-0.3, -0.25) is 9.59 Å². The van der Waals surface area contributed by atoms with Gasteiger partial charge in [-0.15, -0.1) is 0 Å². The molecule has 23 heavy (non-hydrogen) atoms. The molecule has 0 aromatic heterocycles. The molecular weight excluding hydrogens is 403 g/mol. The maximum atomic E-state index is 12.1. The van der Waals surface area contributed by atoms with Crippen molar-refractivity contribution < 1.29 is 9.59 Å². The first-order valence-electron chi connectivity index (χ1n) is 7.56. The minimum Gasteiger partial charge on any atom is -0.326 e. The van der Waals surface area contributed by atoms with Crippen LogP contribution in [0, 0.1) is 9.49 Å². The van der Waals surface area contributed by atoms with Crippen molar-refractivity contribution in [3.8, 4) is 0 Å². The van der Waals surface area contributed by atoms with Gasteiger partial charge >= 0.3 is 0 Å². The van der Waals surface area contributed by atoms with Gasteiger partial charge in [-0.1, -0.05) is 18.2 Å². The number of anilines is 2. The molecule has 2 aromatic rings. The number of fused-ring (bicyclic) bond motifs is 1. The van der Waals surface area contributed by atoms with Crippen LogP contribution in [0.3, 0.4) is 0 Å².